The molecule has 0 unspecified atom stereocenters. The number of hydrogen-bond donors (Lipinski definition) is 0. The standard InChI is InChI=1S/C20H23NO3S/c1-14(22)18-11-12-19(25-18)20(23)21-13-5-3-4-6-17(21)15-7-9-16(24-2)10-8-15/h7-12,17H,3-6,13H2,1-2H3/t17-/m1/s1. The summed E-state index contributed by atoms with van der Waals surface area (Å²) in [6, 6.07) is 11.6. The van der Waals surface area contributed by atoms with Crippen LogP contribution in [0.5, 0.6) is 5.75 Å². The first-order chi connectivity index (χ1) is 12.1. The Balaban J connectivity index is 1.88. The van der Waals surface area contributed by atoms with Gasteiger partial charge in [0, 0.05) is 6.54 Å². The van der Waals surface area contributed by atoms with Gasteiger partial charge in [0.25, 0.3) is 5.91 Å². The van der Waals surface area contributed by atoms with Gasteiger partial charge in [-0.05, 0) is 49.6 Å². The van der Waals surface area contributed by atoms with E-state index >= 15 is 0 Å². The second-order valence-corrected chi connectivity index (χ2v) is 7.44. The number of Topliss-reactive ketones (excluding diaryl/α,β-unsaturated/α-hetero) is 1. The summed E-state index contributed by atoms with van der Waals surface area (Å²) in [7, 11) is 1.65. The van der Waals surface area contributed by atoms with Crippen molar-refractivity contribution >= 4 is 23.0 Å². The van der Waals surface area contributed by atoms with Gasteiger partial charge >= 0.3 is 0 Å². The molecule has 132 valence electrons. The van der Waals surface area contributed by atoms with Crippen molar-refractivity contribution in [3.8, 4) is 5.75 Å². The van der Waals surface area contributed by atoms with Crippen molar-refractivity contribution in [2.45, 2.75) is 38.6 Å². The Bertz CT molecular complexity index is 751. The molecule has 2 heterocycles. The van der Waals surface area contributed by atoms with Gasteiger partial charge in [0.2, 0.25) is 0 Å². The number of likely N-dealkylation sites (tertiary alicyclic amines) is 1. The summed E-state index contributed by atoms with van der Waals surface area (Å²) in [5, 5.41) is 0. The Morgan fingerprint density at radius 2 is 1.76 bits per heavy atom. The number of ether oxygens (including phenoxy) is 1. The zero-order chi connectivity index (χ0) is 17.8. The van der Waals surface area contributed by atoms with Crippen molar-refractivity contribution in [2.75, 3.05) is 13.7 Å². The molecule has 1 aromatic heterocycles. The average Bonchev–Trinajstić information content (AvgIpc) is 3.00. The van der Waals surface area contributed by atoms with E-state index in [0.29, 0.717) is 9.75 Å². The summed E-state index contributed by atoms with van der Waals surface area (Å²) in [4.78, 5) is 27.9. The van der Waals surface area contributed by atoms with Gasteiger partial charge in [0.1, 0.15) is 5.75 Å². The van der Waals surface area contributed by atoms with Gasteiger partial charge in [0.05, 0.1) is 22.9 Å². The fourth-order valence-electron chi connectivity index (χ4n) is 3.31. The maximum absolute atomic E-state index is 13.1. The van der Waals surface area contributed by atoms with Crippen molar-refractivity contribution in [1.29, 1.82) is 0 Å². The summed E-state index contributed by atoms with van der Waals surface area (Å²) >= 11 is 1.29. The van der Waals surface area contributed by atoms with Crippen LogP contribution in [0.2, 0.25) is 0 Å². The molecule has 1 fully saturated rings. The summed E-state index contributed by atoms with van der Waals surface area (Å²) < 4.78 is 5.24. The number of benzene rings is 1. The third kappa shape index (κ3) is 3.93. The molecule has 25 heavy (non-hydrogen) atoms. The molecular formula is C20H23NO3S. The minimum Gasteiger partial charge on any atom is -0.497 e. The number of ketones is 1. The molecule has 2 aromatic rings. The molecule has 1 aromatic carbocycles. The molecule has 1 aliphatic rings. The highest BCUT2D eigenvalue weighted by Crippen LogP contribution is 2.33. The quantitative estimate of drug-likeness (QED) is 0.744. The fourth-order valence-corrected chi connectivity index (χ4v) is 4.16. The van der Waals surface area contributed by atoms with Gasteiger partial charge in [0.15, 0.2) is 5.78 Å². The van der Waals surface area contributed by atoms with Crippen LogP contribution in [-0.4, -0.2) is 30.2 Å². The molecule has 1 atom stereocenters. The summed E-state index contributed by atoms with van der Waals surface area (Å²) in [5.74, 6) is 0.853. The number of amides is 1. The van der Waals surface area contributed by atoms with Crippen LogP contribution in [0.1, 0.15) is 63.6 Å². The normalized spacial score (nSPS) is 17.8. The van der Waals surface area contributed by atoms with E-state index in [4.69, 9.17) is 4.74 Å². The molecule has 4 nitrogen and oxygen atoms in total. The number of nitrogens with zero attached hydrogens (tertiary/aromatic N) is 1. The Kier molecular flexibility index (Phi) is 5.53. The zero-order valence-corrected chi connectivity index (χ0v) is 15.5. The second-order valence-electron chi connectivity index (χ2n) is 6.36. The number of hydrogen-bond acceptors (Lipinski definition) is 4. The summed E-state index contributed by atoms with van der Waals surface area (Å²) in [5.41, 5.74) is 1.14. The Morgan fingerprint density at radius 3 is 2.40 bits per heavy atom. The molecule has 0 saturated carbocycles. The topological polar surface area (TPSA) is 46.6 Å². The van der Waals surface area contributed by atoms with E-state index in [2.05, 4.69) is 0 Å². The van der Waals surface area contributed by atoms with E-state index in [-0.39, 0.29) is 17.7 Å². The monoisotopic (exact) mass is 357 g/mol. The minimum absolute atomic E-state index is 0.00613. The maximum Gasteiger partial charge on any atom is 0.264 e. The van der Waals surface area contributed by atoms with Gasteiger partial charge in [-0.25, -0.2) is 0 Å². The van der Waals surface area contributed by atoms with E-state index in [0.717, 1.165) is 43.5 Å². The minimum atomic E-state index is 0.00613. The lowest BCUT2D eigenvalue weighted by molar-refractivity contribution is 0.0686. The molecule has 0 spiro atoms. The fraction of sp³-hybridized carbons (Fsp3) is 0.400. The molecule has 0 bridgehead atoms. The largest absolute Gasteiger partial charge is 0.497 e. The van der Waals surface area contributed by atoms with Crippen LogP contribution < -0.4 is 4.74 Å². The predicted molar refractivity (Wildman–Crippen MR) is 99.6 cm³/mol. The van der Waals surface area contributed by atoms with Crippen LogP contribution in [0.25, 0.3) is 0 Å². The maximum atomic E-state index is 13.1. The predicted octanol–water partition coefficient (Wildman–Crippen LogP) is 4.72. The molecule has 0 aliphatic carbocycles. The molecule has 3 rings (SSSR count). The molecule has 5 heteroatoms. The van der Waals surface area contributed by atoms with Crippen molar-refractivity contribution in [3.63, 3.8) is 0 Å². The number of thiophene rings is 1. The summed E-state index contributed by atoms with van der Waals surface area (Å²) in [6.07, 6.45) is 4.23. The van der Waals surface area contributed by atoms with Crippen LogP contribution in [0.15, 0.2) is 36.4 Å². The lowest BCUT2D eigenvalue weighted by atomic mass is 10.0. The van der Waals surface area contributed by atoms with Gasteiger partial charge in [-0.1, -0.05) is 25.0 Å². The number of methoxy groups -OCH3 is 1. The van der Waals surface area contributed by atoms with Crippen molar-refractivity contribution in [2.24, 2.45) is 0 Å². The van der Waals surface area contributed by atoms with Crippen LogP contribution in [-0.2, 0) is 0 Å². The van der Waals surface area contributed by atoms with Crippen molar-refractivity contribution < 1.29 is 14.3 Å². The van der Waals surface area contributed by atoms with E-state index in [1.165, 1.54) is 18.3 Å². The first-order valence-corrected chi connectivity index (χ1v) is 9.47. The van der Waals surface area contributed by atoms with E-state index in [1.807, 2.05) is 29.2 Å². The number of rotatable bonds is 4. The lowest BCUT2D eigenvalue weighted by Gasteiger charge is -2.30. The lowest BCUT2D eigenvalue weighted by Crippen LogP contribution is -2.34. The van der Waals surface area contributed by atoms with Gasteiger partial charge in [-0.2, -0.15) is 0 Å². The van der Waals surface area contributed by atoms with Gasteiger partial charge in [-0.15, -0.1) is 11.3 Å². The smallest absolute Gasteiger partial charge is 0.264 e. The number of carbonyl (C=O) groups is 2. The highest BCUT2D eigenvalue weighted by molar-refractivity contribution is 7.15. The third-order valence-corrected chi connectivity index (χ3v) is 5.85. The summed E-state index contributed by atoms with van der Waals surface area (Å²) in [6.45, 7) is 2.29. The first-order valence-electron chi connectivity index (χ1n) is 8.66. The van der Waals surface area contributed by atoms with E-state index in [1.54, 1.807) is 19.2 Å². The molecule has 1 aliphatic heterocycles. The SMILES string of the molecule is COc1ccc([C@H]2CCCCCN2C(=O)c2ccc(C(C)=O)s2)cc1. The molecule has 0 N–H and O–H groups in total. The Labute approximate surface area is 152 Å². The average molecular weight is 357 g/mol. The van der Waals surface area contributed by atoms with Crippen LogP contribution in [0.3, 0.4) is 0 Å². The van der Waals surface area contributed by atoms with E-state index < -0.39 is 0 Å². The Hall–Kier alpha value is -2.14. The number of carbonyl (C=O) groups excluding carboxylic acids is 2. The Morgan fingerprint density at radius 1 is 1.04 bits per heavy atom. The van der Waals surface area contributed by atoms with Crippen molar-refractivity contribution in [1.82, 2.24) is 4.90 Å². The van der Waals surface area contributed by atoms with Crippen molar-refractivity contribution in [3.05, 3.63) is 51.7 Å². The highest BCUT2D eigenvalue weighted by Gasteiger charge is 2.28. The zero-order valence-electron chi connectivity index (χ0n) is 14.7. The third-order valence-electron chi connectivity index (χ3n) is 4.68. The van der Waals surface area contributed by atoms with Crippen LogP contribution in [0, 0.1) is 0 Å². The van der Waals surface area contributed by atoms with Crippen LogP contribution >= 0.6 is 11.3 Å². The molecule has 1 saturated heterocycles. The molecule has 1 amide bonds. The van der Waals surface area contributed by atoms with Gasteiger partial charge < -0.3 is 9.64 Å². The van der Waals surface area contributed by atoms with Crippen LogP contribution in [0.4, 0.5) is 0 Å². The molecular weight excluding hydrogens is 334 g/mol. The van der Waals surface area contributed by atoms with Gasteiger partial charge in [-0.3, -0.25) is 9.59 Å². The van der Waals surface area contributed by atoms with E-state index in [9.17, 15) is 9.59 Å². The molecule has 0 radical (unpaired) electrons. The second kappa shape index (κ2) is 7.83. The highest BCUT2D eigenvalue weighted by atomic mass is 32.1. The first kappa shape index (κ1) is 17.7.